The van der Waals surface area contributed by atoms with Gasteiger partial charge in [-0.25, -0.2) is 4.99 Å². The monoisotopic (exact) mass is 444 g/mol. The molecular formula is C18H29IN4O. The molecular weight excluding hydrogens is 415 g/mol. The van der Waals surface area contributed by atoms with Crippen molar-refractivity contribution >= 4 is 35.8 Å². The van der Waals surface area contributed by atoms with Crippen molar-refractivity contribution in [3.63, 3.8) is 0 Å². The van der Waals surface area contributed by atoms with E-state index in [-0.39, 0.29) is 29.9 Å². The highest BCUT2D eigenvalue weighted by Crippen LogP contribution is 2.16. The van der Waals surface area contributed by atoms with E-state index >= 15 is 0 Å². The third-order valence-corrected chi connectivity index (χ3v) is 4.25. The van der Waals surface area contributed by atoms with Crippen LogP contribution in [0.2, 0.25) is 0 Å². The van der Waals surface area contributed by atoms with Gasteiger partial charge in [0.2, 0.25) is 0 Å². The fourth-order valence-corrected chi connectivity index (χ4v) is 2.77. The van der Waals surface area contributed by atoms with Gasteiger partial charge in [-0.05, 0) is 43.4 Å². The molecule has 1 amide bonds. The van der Waals surface area contributed by atoms with Gasteiger partial charge in [0.15, 0.2) is 5.96 Å². The van der Waals surface area contributed by atoms with Gasteiger partial charge in [0.05, 0.1) is 6.54 Å². The molecule has 24 heavy (non-hydrogen) atoms. The number of carbonyl (C=O) groups is 1. The Balaban J connectivity index is 0.00000288. The van der Waals surface area contributed by atoms with Gasteiger partial charge in [-0.15, -0.1) is 24.0 Å². The highest BCUT2D eigenvalue weighted by molar-refractivity contribution is 14.0. The molecule has 1 fully saturated rings. The summed E-state index contributed by atoms with van der Waals surface area (Å²) < 4.78 is 0. The number of nitrogens with one attached hydrogen (secondary N) is 2. The molecule has 2 N–H and O–H groups in total. The second-order valence-corrected chi connectivity index (χ2v) is 6.12. The number of guanidine groups is 1. The summed E-state index contributed by atoms with van der Waals surface area (Å²) in [6, 6.07) is 7.65. The van der Waals surface area contributed by atoms with Crippen molar-refractivity contribution in [3.05, 3.63) is 35.4 Å². The molecule has 0 aromatic heterocycles. The average molecular weight is 444 g/mol. The first-order valence-electron chi connectivity index (χ1n) is 8.48. The number of aliphatic imine (C=N–C) groups is 1. The maximum atomic E-state index is 11.7. The van der Waals surface area contributed by atoms with E-state index in [1.54, 1.807) is 7.05 Å². The molecule has 1 saturated heterocycles. The third kappa shape index (κ3) is 5.96. The number of amides is 1. The van der Waals surface area contributed by atoms with Crippen LogP contribution in [0.1, 0.15) is 42.6 Å². The molecule has 134 valence electrons. The van der Waals surface area contributed by atoms with Crippen LogP contribution in [-0.4, -0.2) is 43.4 Å². The van der Waals surface area contributed by atoms with Gasteiger partial charge in [-0.1, -0.05) is 19.1 Å². The number of likely N-dealkylation sites (tertiary alicyclic amines) is 1. The Labute approximate surface area is 162 Å². The van der Waals surface area contributed by atoms with Gasteiger partial charge in [-0.3, -0.25) is 4.79 Å². The highest BCUT2D eigenvalue weighted by atomic mass is 127. The third-order valence-electron chi connectivity index (χ3n) is 4.25. The Bertz CT molecular complexity index is 554. The van der Waals surface area contributed by atoms with Crippen molar-refractivity contribution in [3.8, 4) is 0 Å². The summed E-state index contributed by atoms with van der Waals surface area (Å²) in [5.74, 6) is 1.72. The van der Waals surface area contributed by atoms with E-state index in [1.165, 1.54) is 12.8 Å². The van der Waals surface area contributed by atoms with E-state index in [0.717, 1.165) is 37.1 Å². The zero-order chi connectivity index (χ0) is 16.7. The molecule has 0 radical (unpaired) electrons. The Morgan fingerprint density at radius 2 is 2.04 bits per heavy atom. The summed E-state index contributed by atoms with van der Waals surface area (Å²) in [6.45, 7) is 7.97. The molecule has 6 heteroatoms. The minimum Gasteiger partial charge on any atom is -0.357 e. The summed E-state index contributed by atoms with van der Waals surface area (Å²) in [7, 11) is 1.65. The first-order valence-corrected chi connectivity index (χ1v) is 8.48. The maximum Gasteiger partial charge on any atom is 0.251 e. The lowest BCUT2D eigenvalue weighted by Crippen LogP contribution is -2.45. The molecule has 2 rings (SSSR count). The summed E-state index contributed by atoms with van der Waals surface area (Å²) >= 11 is 0. The van der Waals surface area contributed by atoms with Crippen LogP contribution in [-0.2, 0) is 6.54 Å². The Morgan fingerprint density at radius 3 is 2.67 bits per heavy atom. The number of hydrogen-bond acceptors (Lipinski definition) is 2. The number of carbonyl (C=O) groups excluding carboxylic acids is 1. The predicted molar refractivity (Wildman–Crippen MR) is 110 cm³/mol. The Morgan fingerprint density at radius 1 is 1.33 bits per heavy atom. The SMILES string of the molecule is CCNC(=NCc1cccc(C(=O)NC)c1)N1CCC(C)CC1.I. The number of rotatable bonds is 4. The highest BCUT2D eigenvalue weighted by Gasteiger charge is 2.18. The van der Waals surface area contributed by atoms with Crippen LogP contribution >= 0.6 is 24.0 Å². The van der Waals surface area contributed by atoms with Gasteiger partial charge >= 0.3 is 0 Å². The lowest BCUT2D eigenvalue weighted by atomic mass is 10.00. The smallest absolute Gasteiger partial charge is 0.251 e. The minimum absolute atomic E-state index is 0. The normalized spacial score (nSPS) is 15.6. The summed E-state index contributed by atoms with van der Waals surface area (Å²) in [5.41, 5.74) is 1.73. The molecule has 0 spiro atoms. The van der Waals surface area contributed by atoms with Crippen LogP contribution in [0.25, 0.3) is 0 Å². The molecule has 1 heterocycles. The fraction of sp³-hybridized carbons (Fsp3) is 0.556. The molecule has 5 nitrogen and oxygen atoms in total. The van der Waals surface area contributed by atoms with E-state index in [1.807, 2.05) is 24.3 Å². The van der Waals surface area contributed by atoms with Crippen molar-refractivity contribution in [1.82, 2.24) is 15.5 Å². The molecule has 1 aromatic carbocycles. The molecule has 1 aromatic rings. The Hall–Kier alpha value is -1.31. The largest absolute Gasteiger partial charge is 0.357 e. The van der Waals surface area contributed by atoms with Crippen molar-refractivity contribution in [2.24, 2.45) is 10.9 Å². The van der Waals surface area contributed by atoms with Crippen LogP contribution in [0.3, 0.4) is 0 Å². The first-order chi connectivity index (χ1) is 11.1. The summed E-state index contributed by atoms with van der Waals surface area (Å²) in [6.07, 6.45) is 2.44. The van der Waals surface area contributed by atoms with Crippen LogP contribution in [0.4, 0.5) is 0 Å². The maximum absolute atomic E-state index is 11.7. The zero-order valence-corrected chi connectivity index (χ0v) is 17.2. The Kier molecular flexibility index (Phi) is 9.10. The average Bonchev–Trinajstić information content (AvgIpc) is 2.59. The zero-order valence-electron chi connectivity index (χ0n) is 14.8. The van der Waals surface area contributed by atoms with E-state index in [2.05, 4.69) is 29.4 Å². The van der Waals surface area contributed by atoms with Gasteiger partial charge in [0, 0.05) is 32.2 Å². The van der Waals surface area contributed by atoms with E-state index in [0.29, 0.717) is 12.1 Å². The topological polar surface area (TPSA) is 56.7 Å². The second-order valence-electron chi connectivity index (χ2n) is 6.12. The number of hydrogen-bond donors (Lipinski definition) is 2. The van der Waals surface area contributed by atoms with Crippen LogP contribution in [0.15, 0.2) is 29.3 Å². The van der Waals surface area contributed by atoms with Gasteiger partial charge in [0.25, 0.3) is 5.91 Å². The molecule has 0 aliphatic carbocycles. The van der Waals surface area contributed by atoms with Crippen molar-refractivity contribution < 1.29 is 4.79 Å². The predicted octanol–water partition coefficient (Wildman–Crippen LogP) is 2.86. The van der Waals surface area contributed by atoms with Crippen LogP contribution in [0.5, 0.6) is 0 Å². The van der Waals surface area contributed by atoms with Crippen molar-refractivity contribution in [1.29, 1.82) is 0 Å². The molecule has 1 aliphatic rings. The van der Waals surface area contributed by atoms with Gasteiger partial charge in [0.1, 0.15) is 0 Å². The number of nitrogens with zero attached hydrogens (tertiary/aromatic N) is 2. The lowest BCUT2D eigenvalue weighted by Gasteiger charge is -2.33. The first kappa shape index (κ1) is 20.7. The molecule has 0 unspecified atom stereocenters. The lowest BCUT2D eigenvalue weighted by molar-refractivity contribution is 0.0963. The fourth-order valence-electron chi connectivity index (χ4n) is 2.77. The standard InChI is InChI=1S/C18H28N4O.HI/c1-4-20-18(22-10-8-14(2)9-11-22)21-13-15-6-5-7-16(12-15)17(23)19-3;/h5-7,12,14H,4,8-11,13H2,1-3H3,(H,19,23)(H,20,21);1H. The number of piperidine rings is 1. The van der Waals surface area contributed by atoms with Crippen LogP contribution in [0, 0.1) is 5.92 Å². The quantitative estimate of drug-likeness (QED) is 0.427. The van der Waals surface area contributed by atoms with E-state index in [4.69, 9.17) is 4.99 Å². The second kappa shape index (κ2) is 10.5. The number of benzene rings is 1. The number of halogens is 1. The molecule has 0 saturated carbocycles. The minimum atomic E-state index is -0.0623. The summed E-state index contributed by atoms with van der Waals surface area (Å²) in [4.78, 5) is 18.8. The van der Waals surface area contributed by atoms with E-state index < -0.39 is 0 Å². The summed E-state index contributed by atoms with van der Waals surface area (Å²) in [5, 5.41) is 6.04. The van der Waals surface area contributed by atoms with Gasteiger partial charge < -0.3 is 15.5 Å². The van der Waals surface area contributed by atoms with Crippen LogP contribution < -0.4 is 10.6 Å². The van der Waals surface area contributed by atoms with E-state index in [9.17, 15) is 4.79 Å². The van der Waals surface area contributed by atoms with Crippen molar-refractivity contribution in [2.75, 3.05) is 26.7 Å². The molecule has 1 aliphatic heterocycles. The van der Waals surface area contributed by atoms with Gasteiger partial charge in [-0.2, -0.15) is 0 Å². The van der Waals surface area contributed by atoms with Crippen molar-refractivity contribution in [2.45, 2.75) is 33.2 Å². The molecule has 0 bridgehead atoms. The molecule has 0 atom stereocenters.